The van der Waals surface area contributed by atoms with Gasteiger partial charge in [0, 0.05) is 50.0 Å². The molecule has 0 amide bonds. The normalized spacial score (nSPS) is 11.9. The Labute approximate surface area is 218 Å². The van der Waals surface area contributed by atoms with E-state index in [1.54, 1.807) is 25.4 Å². The number of hydrogen-bond donors (Lipinski definition) is 5. The van der Waals surface area contributed by atoms with Gasteiger partial charge < -0.3 is 36.6 Å². The van der Waals surface area contributed by atoms with Gasteiger partial charge in [0.2, 0.25) is 0 Å². The summed E-state index contributed by atoms with van der Waals surface area (Å²) in [6.45, 7) is 2.40. The van der Waals surface area contributed by atoms with Crippen molar-refractivity contribution < 1.29 is 9.47 Å². The van der Waals surface area contributed by atoms with Crippen molar-refractivity contribution in [2.75, 3.05) is 40.4 Å². The molecule has 0 aromatic heterocycles. The van der Waals surface area contributed by atoms with Crippen LogP contribution in [0, 0.1) is 0 Å². The number of benzene rings is 2. The molecule has 0 atom stereocenters. The lowest BCUT2D eigenvalue weighted by molar-refractivity contribution is 0.392. The fourth-order valence-electron chi connectivity index (χ4n) is 3.13. The molecular formula is C24H34Br2N6O2. The zero-order valence-corrected chi connectivity index (χ0v) is 22.8. The van der Waals surface area contributed by atoms with Crippen LogP contribution in [0.2, 0.25) is 0 Å². The minimum Gasteiger partial charge on any atom is -0.496 e. The van der Waals surface area contributed by atoms with Crippen LogP contribution >= 0.6 is 31.9 Å². The standard InChI is InChI=1S/C24H34Br2N6O2/c1-33-23-5-3-17(11-21(23)25)7-9-30-13-19(27)14-31-15-20(28)16-32(29)10-8-18-4-6-24(34-2)22(26)12-18/h3-6,11-13,16,30-31H,7-10,14-15,27-29H2,1-2H3/b19-13-,20-16-. The van der Waals surface area contributed by atoms with Crippen LogP contribution in [0.4, 0.5) is 0 Å². The van der Waals surface area contributed by atoms with Crippen molar-refractivity contribution in [3.05, 3.63) is 80.3 Å². The van der Waals surface area contributed by atoms with E-state index in [1.807, 2.05) is 36.5 Å². The molecule has 0 heterocycles. The molecule has 0 fully saturated rings. The number of nitrogens with one attached hydrogen (secondary N) is 2. The number of methoxy groups -OCH3 is 2. The van der Waals surface area contributed by atoms with E-state index in [-0.39, 0.29) is 0 Å². The van der Waals surface area contributed by atoms with Crippen LogP contribution < -0.4 is 37.4 Å². The molecule has 0 saturated heterocycles. The van der Waals surface area contributed by atoms with Gasteiger partial charge in [-0.25, -0.2) is 5.84 Å². The Morgan fingerprint density at radius 2 is 1.47 bits per heavy atom. The first-order chi connectivity index (χ1) is 16.3. The molecule has 2 rings (SSSR count). The monoisotopic (exact) mass is 596 g/mol. The summed E-state index contributed by atoms with van der Waals surface area (Å²) in [6.07, 6.45) is 5.20. The van der Waals surface area contributed by atoms with Crippen LogP contribution in [0.1, 0.15) is 11.1 Å². The van der Waals surface area contributed by atoms with Crippen molar-refractivity contribution >= 4 is 31.9 Å². The van der Waals surface area contributed by atoms with Crippen LogP contribution in [-0.2, 0) is 12.8 Å². The summed E-state index contributed by atoms with van der Waals surface area (Å²) < 4.78 is 12.4. The fourth-order valence-corrected chi connectivity index (χ4v) is 4.31. The van der Waals surface area contributed by atoms with Gasteiger partial charge in [-0.1, -0.05) is 12.1 Å². The smallest absolute Gasteiger partial charge is 0.133 e. The van der Waals surface area contributed by atoms with E-state index in [2.05, 4.69) is 48.6 Å². The highest BCUT2D eigenvalue weighted by Gasteiger charge is 2.04. The van der Waals surface area contributed by atoms with Gasteiger partial charge in [-0.3, -0.25) is 0 Å². The molecular weight excluding hydrogens is 564 g/mol. The van der Waals surface area contributed by atoms with Crippen molar-refractivity contribution in [1.82, 2.24) is 15.6 Å². The summed E-state index contributed by atoms with van der Waals surface area (Å²) in [5, 5.41) is 8.04. The van der Waals surface area contributed by atoms with Crippen LogP contribution in [0.3, 0.4) is 0 Å². The topological polar surface area (TPSA) is 124 Å². The number of hydrogen-bond acceptors (Lipinski definition) is 8. The van der Waals surface area contributed by atoms with E-state index in [4.69, 9.17) is 26.8 Å². The number of ether oxygens (including phenoxy) is 2. The quantitative estimate of drug-likeness (QED) is 0.128. The lowest BCUT2D eigenvalue weighted by Gasteiger charge is -2.16. The molecule has 2 aromatic carbocycles. The Morgan fingerprint density at radius 3 is 2.03 bits per heavy atom. The number of nitrogens with two attached hydrogens (primary N) is 3. The average Bonchev–Trinajstić information content (AvgIpc) is 2.80. The van der Waals surface area contributed by atoms with E-state index >= 15 is 0 Å². The Balaban J connectivity index is 1.65. The summed E-state index contributed by atoms with van der Waals surface area (Å²) in [6, 6.07) is 12.0. The SMILES string of the molecule is COc1ccc(CCN/C=C(\N)CNC/C(N)=C/N(N)CCc2ccc(OC)c(Br)c2)cc1Br. The molecule has 0 bridgehead atoms. The Kier molecular flexibility index (Phi) is 12.1. The van der Waals surface area contributed by atoms with Gasteiger partial charge in [0.15, 0.2) is 0 Å². The number of rotatable bonds is 14. The summed E-state index contributed by atoms with van der Waals surface area (Å²) in [4.78, 5) is 0. The number of halogens is 2. The molecule has 0 aliphatic rings. The van der Waals surface area contributed by atoms with Gasteiger partial charge in [0.25, 0.3) is 0 Å². The van der Waals surface area contributed by atoms with Crippen LogP contribution in [-0.4, -0.2) is 45.4 Å². The zero-order chi connectivity index (χ0) is 24.9. The van der Waals surface area contributed by atoms with E-state index in [9.17, 15) is 0 Å². The van der Waals surface area contributed by atoms with Crippen molar-refractivity contribution in [1.29, 1.82) is 0 Å². The maximum Gasteiger partial charge on any atom is 0.133 e. The molecule has 0 unspecified atom stereocenters. The second kappa shape index (κ2) is 14.8. The van der Waals surface area contributed by atoms with Crippen LogP contribution in [0.5, 0.6) is 11.5 Å². The van der Waals surface area contributed by atoms with Gasteiger partial charge in [-0.15, -0.1) is 0 Å². The summed E-state index contributed by atoms with van der Waals surface area (Å²) >= 11 is 7.00. The maximum absolute atomic E-state index is 6.07. The van der Waals surface area contributed by atoms with E-state index in [0.717, 1.165) is 45.4 Å². The minimum atomic E-state index is 0.482. The van der Waals surface area contributed by atoms with Gasteiger partial charge >= 0.3 is 0 Å². The van der Waals surface area contributed by atoms with Crippen molar-refractivity contribution in [2.24, 2.45) is 17.3 Å². The van der Waals surface area contributed by atoms with Crippen molar-refractivity contribution in [3.8, 4) is 11.5 Å². The highest BCUT2D eigenvalue weighted by atomic mass is 79.9. The van der Waals surface area contributed by atoms with Crippen LogP contribution in [0.25, 0.3) is 0 Å². The molecule has 0 aliphatic heterocycles. The van der Waals surface area contributed by atoms with Crippen molar-refractivity contribution in [2.45, 2.75) is 12.8 Å². The Morgan fingerprint density at radius 1 is 0.912 bits per heavy atom. The summed E-state index contributed by atoms with van der Waals surface area (Å²) in [5.41, 5.74) is 15.8. The number of nitrogens with zero attached hydrogens (tertiary/aromatic N) is 1. The second-order valence-electron chi connectivity index (χ2n) is 7.66. The number of hydrazine groups is 1. The first-order valence-corrected chi connectivity index (χ1v) is 12.4. The van der Waals surface area contributed by atoms with E-state index in [0.29, 0.717) is 31.0 Å². The largest absolute Gasteiger partial charge is 0.496 e. The van der Waals surface area contributed by atoms with Gasteiger partial charge in [-0.2, -0.15) is 0 Å². The predicted molar refractivity (Wildman–Crippen MR) is 145 cm³/mol. The highest BCUT2D eigenvalue weighted by Crippen LogP contribution is 2.26. The minimum absolute atomic E-state index is 0.482. The highest BCUT2D eigenvalue weighted by molar-refractivity contribution is 9.10. The molecule has 8 N–H and O–H groups in total. The van der Waals surface area contributed by atoms with Gasteiger partial charge in [-0.05, 0) is 80.1 Å². The Hall–Kier alpha value is -2.40. The Bertz CT molecular complexity index is 984. The van der Waals surface area contributed by atoms with Gasteiger partial charge in [0.1, 0.15) is 11.5 Å². The first-order valence-electron chi connectivity index (χ1n) is 10.8. The molecule has 0 spiro atoms. The molecule has 8 nitrogen and oxygen atoms in total. The third-order valence-electron chi connectivity index (χ3n) is 4.93. The molecule has 2 aromatic rings. The first kappa shape index (κ1) is 27.8. The fraction of sp³-hybridized carbons (Fsp3) is 0.333. The third-order valence-corrected chi connectivity index (χ3v) is 6.17. The molecule has 0 radical (unpaired) electrons. The molecule has 10 heteroatoms. The lowest BCUT2D eigenvalue weighted by atomic mass is 10.1. The average molecular weight is 598 g/mol. The maximum atomic E-state index is 6.07. The summed E-state index contributed by atoms with van der Waals surface area (Å²) in [5.74, 6) is 7.69. The zero-order valence-electron chi connectivity index (χ0n) is 19.6. The molecule has 34 heavy (non-hydrogen) atoms. The van der Waals surface area contributed by atoms with E-state index in [1.165, 1.54) is 5.56 Å². The van der Waals surface area contributed by atoms with Crippen molar-refractivity contribution in [3.63, 3.8) is 0 Å². The van der Waals surface area contributed by atoms with Crippen LogP contribution in [0.15, 0.2) is 69.1 Å². The predicted octanol–water partition coefficient (Wildman–Crippen LogP) is 2.97. The third kappa shape index (κ3) is 9.84. The molecule has 0 saturated carbocycles. The second-order valence-corrected chi connectivity index (χ2v) is 9.37. The summed E-state index contributed by atoms with van der Waals surface area (Å²) in [7, 11) is 3.30. The molecule has 186 valence electrons. The van der Waals surface area contributed by atoms with E-state index < -0.39 is 0 Å². The lowest BCUT2D eigenvalue weighted by Crippen LogP contribution is -2.32. The molecule has 0 aliphatic carbocycles. The van der Waals surface area contributed by atoms with Gasteiger partial charge in [0.05, 0.1) is 23.2 Å².